The van der Waals surface area contributed by atoms with Crippen molar-refractivity contribution in [1.82, 2.24) is 4.31 Å². The zero-order valence-electron chi connectivity index (χ0n) is 13.7. The predicted octanol–water partition coefficient (Wildman–Crippen LogP) is 2.53. The van der Waals surface area contributed by atoms with Gasteiger partial charge in [0.15, 0.2) is 6.10 Å². The Hall–Kier alpha value is -2.09. The Bertz CT molecular complexity index is 911. The van der Waals surface area contributed by atoms with Gasteiger partial charge < -0.3 is 10.1 Å². The molecule has 1 unspecified atom stereocenters. The summed E-state index contributed by atoms with van der Waals surface area (Å²) in [5.74, 6) is 0.354. The average Bonchev–Trinajstić information content (AvgIpc) is 2.98. The van der Waals surface area contributed by atoms with Crippen LogP contribution in [0.25, 0.3) is 0 Å². The highest BCUT2D eigenvalue weighted by Gasteiger charge is 2.29. The molecule has 0 saturated heterocycles. The van der Waals surface area contributed by atoms with Crippen molar-refractivity contribution < 1.29 is 17.9 Å². The Morgan fingerprint density at radius 2 is 1.88 bits per heavy atom. The lowest BCUT2D eigenvalue weighted by atomic mass is 10.1. The summed E-state index contributed by atoms with van der Waals surface area (Å²) in [5.41, 5.74) is 1.39. The van der Waals surface area contributed by atoms with Gasteiger partial charge in [-0.15, -0.1) is 0 Å². The van der Waals surface area contributed by atoms with Crippen LogP contribution in [0.1, 0.15) is 5.56 Å². The van der Waals surface area contributed by atoms with Crippen molar-refractivity contribution in [1.29, 1.82) is 0 Å². The summed E-state index contributed by atoms with van der Waals surface area (Å²) in [4.78, 5) is 12.5. The van der Waals surface area contributed by atoms with Gasteiger partial charge in [0.25, 0.3) is 5.91 Å². The number of anilines is 1. The Labute approximate surface area is 151 Å². The van der Waals surface area contributed by atoms with E-state index in [2.05, 4.69) is 5.32 Å². The van der Waals surface area contributed by atoms with Crippen molar-refractivity contribution in [2.24, 2.45) is 0 Å². The number of halogens is 1. The first-order chi connectivity index (χ1) is 11.8. The maximum Gasteiger partial charge on any atom is 0.265 e. The van der Waals surface area contributed by atoms with Crippen LogP contribution in [-0.4, -0.2) is 38.8 Å². The summed E-state index contributed by atoms with van der Waals surface area (Å²) in [5, 5.41) is 3.33. The first-order valence-corrected chi connectivity index (χ1v) is 9.38. The van der Waals surface area contributed by atoms with Gasteiger partial charge in [-0.2, -0.15) is 0 Å². The second-order valence-corrected chi connectivity index (χ2v) is 8.45. The molecule has 3 rings (SSSR count). The molecule has 1 heterocycles. The van der Waals surface area contributed by atoms with E-state index in [1.807, 2.05) is 0 Å². The summed E-state index contributed by atoms with van der Waals surface area (Å²) >= 11 is 5.95. The van der Waals surface area contributed by atoms with Crippen molar-refractivity contribution in [3.8, 4) is 5.75 Å². The van der Waals surface area contributed by atoms with E-state index in [1.165, 1.54) is 26.2 Å². The van der Waals surface area contributed by atoms with Crippen LogP contribution in [0.4, 0.5) is 5.69 Å². The van der Waals surface area contributed by atoms with Crippen LogP contribution in [0.2, 0.25) is 5.02 Å². The number of hydrogen-bond acceptors (Lipinski definition) is 4. The lowest BCUT2D eigenvalue weighted by Crippen LogP contribution is -2.31. The molecule has 1 N–H and O–H groups in total. The fourth-order valence-corrected chi connectivity index (χ4v) is 3.60. The van der Waals surface area contributed by atoms with Crippen molar-refractivity contribution in [3.05, 3.63) is 53.1 Å². The van der Waals surface area contributed by atoms with Crippen molar-refractivity contribution in [2.45, 2.75) is 17.4 Å². The van der Waals surface area contributed by atoms with Gasteiger partial charge in [-0.25, -0.2) is 12.7 Å². The van der Waals surface area contributed by atoms with E-state index in [4.69, 9.17) is 16.3 Å². The van der Waals surface area contributed by atoms with Gasteiger partial charge in [0.05, 0.1) is 4.90 Å². The topological polar surface area (TPSA) is 75.7 Å². The SMILES string of the molecule is CN(C)S(=O)(=O)c1ccc(NC(=O)C2Cc3cc(Cl)ccc3O2)cc1. The molecule has 0 spiro atoms. The lowest BCUT2D eigenvalue weighted by molar-refractivity contribution is -0.122. The number of carbonyl (C=O) groups excluding carboxylic acids is 1. The molecule has 0 saturated carbocycles. The number of carbonyl (C=O) groups is 1. The predicted molar refractivity (Wildman–Crippen MR) is 95.5 cm³/mol. The quantitative estimate of drug-likeness (QED) is 0.884. The Morgan fingerprint density at radius 3 is 2.52 bits per heavy atom. The highest BCUT2D eigenvalue weighted by atomic mass is 35.5. The van der Waals surface area contributed by atoms with Gasteiger partial charge in [0.2, 0.25) is 10.0 Å². The summed E-state index contributed by atoms with van der Waals surface area (Å²) in [7, 11) is -0.565. The van der Waals surface area contributed by atoms with E-state index >= 15 is 0 Å². The molecule has 0 radical (unpaired) electrons. The third-order valence-corrected chi connectivity index (χ3v) is 5.95. The number of amides is 1. The van der Waals surface area contributed by atoms with Crippen LogP contribution in [0.3, 0.4) is 0 Å². The number of nitrogens with one attached hydrogen (secondary N) is 1. The minimum atomic E-state index is -3.49. The summed E-state index contributed by atoms with van der Waals surface area (Å²) in [6.07, 6.45) is -0.201. The molecule has 132 valence electrons. The largest absolute Gasteiger partial charge is 0.480 e. The smallest absolute Gasteiger partial charge is 0.265 e. The van der Waals surface area contributed by atoms with Crippen LogP contribution in [-0.2, 0) is 21.2 Å². The zero-order chi connectivity index (χ0) is 18.2. The number of nitrogens with zero attached hydrogens (tertiary/aromatic N) is 1. The summed E-state index contributed by atoms with van der Waals surface area (Å²) in [6, 6.07) is 11.2. The van der Waals surface area contributed by atoms with Gasteiger partial charge in [-0.1, -0.05) is 11.6 Å². The monoisotopic (exact) mass is 380 g/mol. The highest BCUT2D eigenvalue weighted by molar-refractivity contribution is 7.89. The molecule has 25 heavy (non-hydrogen) atoms. The summed E-state index contributed by atoms with van der Waals surface area (Å²) < 4.78 is 30.8. The Morgan fingerprint density at radius 1 is 1.20 bits per heavy atom. The highest BCUT2D eigenvalue weighted by Crippen LogP contribution is 2.31. The fourth-order valence-electron chi connectivity index (χ4n) is 2.51. The van der Waals surface area contributed by atoms with Crippen molar-refractivity contribution in [2.75, 3.05) is 19.4 Å². The minimum absolute atomic E-state index is 0.162. The molecule has 2 aromatic carbocycles. The molecule has 1 atom stereocenters. The maximum absolute atomic E-state index is 12.4. The van der Waals surface area contributed by atoms with Crippen LogP contribution in [0.5, 0.6) is 5.75 Å². The molecule has 1 aliphatic rings. The first kappa shape index (κ1) is 17.7. The maximum atomic E-state index is 12.4. The standard InChI is InChI=1S/C17H17ClN2O4S/c1-20(2)25(22,23)14-6-4-13(5-7-14)19-17(21)16-10-11-9-12(18)3-8-15(11)24-16/h3-9,16H,10H2,1-2H3,(H,19,21). The van der Waals surface area contributed by atoms with E-state index in [0.717, 1.165) is 9.87 Å². The normalized spacial score (nSPS) is 16.4. The number of sulfonamides is 1. The third kappa shape index (κ3) is 3.63. The van der Waals surface area contributed by atoms with Crippen LogP contribution in [0.15, 0.2) is 47.4 Å². The van der Waals surface area contributed by atoms with E-state index < -0.39 is 16.1 Å². The molecule has 8 heteroatoms. The van der Waals surface area contributed by atoms with Gasteiger partial charge in [0, 0.05) is 31.2 Å². The van der Waals surface area contributed by atoms with Crippen molar-refractivity contribution in [3.63, 3.8) is 0 Å². The van der Waals surface area contributed by atoms with Crippen LogP contribution < -0.4 is 10.1 Å². The second-order valence-electron chi connectivity index (χ2n) is 5.86. The molecule has 0 aromatic heterocycles. The molecule has 2 aromatic rings. The molecule has 6 nitrogen and oxygen atoms in total. The molecular weight excluding hydrogens is 364 g/mol. The number of fused-ring (bicyclic) bond motifs is 1. The Kier molecular flexibility index (Phi) is 4.73. The van der Waals surface area contributed by atoms with Crippen LogP contribution >= 0.6 is 11.6 Å². The number of rotatable bonds is 4. The first-order valence-electron chi connectivity index (χ1n) is 7.56. The molecule has 0 bridgehead atoms. The van der Waals surface area contributed by atoms with Gasteiger partial charge in [-0.05, 0) is 48.0 Å². The molecule has 0 aliphatic carbocycles. The zero-order valence-corrected chi connectivity index (χ0v) is 15.3. The molecule has 1 aliphatic heterocycles. The average molecular weight is 381 g/mol. The third-order valence-electron chi connectivity index (χ3n) is 3.89. The Balaban J connectivity index is 1.68. The van der Waals surface area contributed by atoms with E-state index in [9.17, 15) is 13.2 Å². The summed E-state index contributed by atoms with van der Waals surface area (Å²) in [6.45, 7) is 0. The van der Waals surface area contributed by atoms with E-state index in [-0.39, 0.29) is 10.8 Å². The van der Waals surface area contributed by atoms with Gasteiger partial charge in [-0.3, -0.25) is 4.79 Å². The van der Waals surface area contributed by atoms with Gasteiger partial charge >= 0.3 is 0 Å². The number of ether oxygens (including phenoxy) is 1. The van der Waals surface area contributed by atoms with Crippen LogP contribution in [0, 0.1) is 0 Å². The molecule has 1 amide bonds. The fraction of sp³-hybridized carbons (Fsp3) is 0.235. The second kappa shape index (κ2) is 6.67. The number of hydrogen-bond donors (Lipinski definition) is 1. The molecule has 0 fully saturated rings. The van der Waals surface area contributed by atoms with Gasteiger partial charge in [0.1, 0.15) is 5.75 Å². The molecular formula is C17H17ClN2O4S. The number of benzene rings is 2. The lowest BCUT2D eigenvalue weighted by Gasteiger charge is -2.13. The van der Waals surface area contributed by atoms with Crippen molar-refractivity contribution >= 4 is 33.2 Å². The van der Waals surface area contributed by atoms with E-state index in [1.54, 1.807) is 30.3 Å². The minimum Gasteiger partial charge on any atom is -0.480 e. The van der Waals surface area contributed by atoms with E-state index in [0.29, 0.717) is 22.9 Å².